The molecule has 1 saturated heterocycles. The van der Waals surface area contributed by atoms with E-state index in [0.717, 1.165) is 18.9 Å². The van der Waals surface area contributed by atoms with Crippen LogP contribution >= 0.6 is 0 Å². The molecule has 0 amide bonds. The van der Waals surface area contributed by atoms with Gasteiger partial charge in [-0.3, -0.25) is 0 Å². The van der Waals surface area contributed by atoms with Crippen molar-refractivity contribution in [3.63, 3.8) is 0 Å². The van der Waals surface area contributed by atoms with Crippen LogP contribution in [-0.4, -0.2) is 38.9 Å². The summed E-state index contributed by atoms with van der Waals surface area (Å²) >= 11 is 0. The van der Waals surface area contributed by atoms with Crippen LogP contribution in [0.15, 0.2) is 23.1 Å². The number of rotatable bonds is 3. The number of halogens is 1. The van der Waals surface area contributed by atoms with Gasteiger partial charge in [-0.25, -0.2) is 12.8 Å². The second-order valence-corrected chi connectivity index (χ2v) is 6.78. The molecule has 0 radical (unpaired) electrons. The van der Waals surface area contributed by atoms with Crippen LogP contribution in [0.3, 0.4) is 0 Å². The quantitative estimate of drug-likeness (QED) is 0.916. The lowest BCUT2D eigenvalue weighted by Gasteiger charge is -2.31. The Morgan fingerprint density at radius 3 is 2.53 bits per heavy atom. The number of piperidine rings is 1. The Bertz CT molecular complexity index is 552. The van der Waals surface area contributed by atoms with Gasteiger partial charge in [0.1, 0.15) is 5.82 Å². The highest BCUT2D eigenvalue weighted by atomic mass is 32.2. The second-order valence-electron chi connectivity index (χ2n) is 4.88. The molecule has 106 valence electrons. The molecule has 1 aliphatic heterocycles. The number of benzene rings is 1. The van der Waals surface area contributed by atoms with E-state index in [1.807, 2.05) is 7.05 Å². The molecule has 0 aromatic heterocycles. The molecule has 0 unspecified atom stereocenters. The molecule has 0 bridgehead atoms. The lowest BCUT2D eigenvalue weighted by Crippen LogP contribution is -2.44. The van der Waals surface area contributed by atoms with Crippen LogP contribution in [0.5, 0.6) is 0 Å². The highest BCUT2D eigenvalue weighted by Crippen LogP contribution is 2.24. The Morgan fingerprint density at radius 2 is 1.95 bits per heavy atom. The SMILES string of the molecule is CNC1CCN(S(=O)(=O)c2cc(F)ccc2C)CC1. The topological polar surface area (TPSA) is 49.4 Å². The number of sulfonamides is 1. The Morgan fingerprint density at radius 1 is 1.32 bits per heavy atom. The molecule has 19 heavy (non-hydrogen) atoms. The number of aryl methyl sites for hydroxylation is 1. The summed E-state index contributed by atoms with van der Waals surface area (Å²) < 4.78 is 39.7. The standard InChI is InChI=1S/C13H19FN2O2S/c1-10-3-4-11(14)9-13(10)19(17,18)16-7-5-12(15-2)6-8-16/h3-4,9,12,15H,5-8H2,1-2H3. The Hall–Kier alpha value is -0.980. The van der Waals surface area contributed by atoms with Crippen LogP contribution in [0.2, 0.25) is 0 Å². The number of hydrogen-bond acceptors (Lipinski definition) is 3. The highest BCUT2D eigenvalue weighted by Gasteiger charge is 2.30. The maximum atomic E-state index is 13.3. The van der Waals surface area contributed by atoms with Crippen LogP contribution in [0.4, 0.5) is 4.39 Å². The van der Waals surface area contributed by atoms with Crippen molar-refractivity contribution in [3.8, 4) is 0 Å². The molecular formula is C13H19FN2O2S. The van der Waals surface area contributed by atoms with Crippen molar-refractivity contribution in [2.75, 3.05) is 20.1 Å². The van der Waals surface area contributed by atoms with Crippen LogP contribution in [0.25, 0.3) is 0 Å². The minimum atomic E-state index is -3.58. The summed E-state index contributed by atoms with van der Waals surface area (Å²) in [7, 11) is -1.70. The van der Waals surface area contributed by atoms with Gasteiger partial charge in [0.2, 0.25) is 10.0 Å². The molecule has 0 atom stereocenters. The van der Waals surface area contributed by atoms with E-state index in [2.05, 4.69) is 5.32 Å². The first-order valence-electron chi connectivity index (χ1n) is 6.38. The summed E-state index contributed by atoms with van der Waals surface area (Å²) in [5.41, 5.74) is 0.581. The maximum absolute atomic E-state index is 13.3. The summed E-state index contributed by atoms with van der Waals surface area (Å²) in [4.78, 5) is 0.0791. The predicted molar refractivity (Wildman–Crippen MR) is 72.0 cm³/mol. The average Bonchev–Trinajstić information content (AvgIpc) is 2.41. The van der Waals surface area contributed by atoms with E-state index in [4.69, 9.17) is 0 Å². The van der Waals surface area contributed by atoms with Crippen LogP contribution in [-0.2, 0) is 10.0 Å². The number of hydrogen-bond donors (Lipinski definition) is 1. The van der Waals surface area contributed by atoms with Crippen LogP contribution in [0, 0.1) is 12.7 Å². The zero-order valence-corrected chi connectivity index (χ0v) is 12.0. The minimum Gasteiger partial charge on any atom is -0.317 e. The van der Waals surface area contributed by atoms with Crippen molar-refractivity contribution >= 4 is 10.0 Å². The van der Waals surface area contributed by atoms with Gasteiger partial charge in [-0.1, -0.05) is 6.07 Å². The van der Waals surface area contributed by atoms with Crippen LogP contribution in [0.1, 0.15) is 18.4 Å². The Kier molecular flexibility index (Phi) is 4.23. The van der Waals surface area contributed by atoms with Gasteiger partial charge in [0.25, 0.3) is 0 Å². The van der Waals surface area contributed by atoms with Gasteiger partial charge >= 0.3 is 0 Å². The van der Waals surface area contributed by atoms with Gasteiger partial charge in [0, 0.05) is 19.1 Å². The fraction of sp³-hybridized carbons (Fsp3) is 0.538. The van der Waals surface area contributed by atoms with Crippen molar-refractivity contribution in [1.29, 1.82) is 0 Å². The summed E-state index contributed by atoms with van der Waals surface area (Å²) in [6, 6.07) is 4.25. The molecule has 4 nitrogen and oxygen atoms in total. The van der Waals surface area contributed by atoms with E-state index in [9.17, 15) is 12.8 Å². The van der Waals surface area contributed by atoms with E-state index in [1.165, 1.54) is 16.4 Å². The molecule has 1 aromatic rings. The normalized spacial score (nSPS) is 18.7. The van der Waals surface area contributed by atoms with E-state index in [1.54, 1.807) is 6.92 Å². The van der Waals surface area contributed by atoms with Crippen molar-refractivity contribution < 1.29 is 12.8 Å². The highest BCUT2D eigenvalue weighted by molar-refractivity contribution is 7.89. The molecule has 1 aliphatic rings. The third kappa shape index (κ3) is 2.96. The number of nitrogens with zero attached hydrogens (tertiary/aromatic N) is 1. The molecule has 0 aliphatic carbocycles. The molecule has 1 heterocycles. The van der Waals surface area contributed by atoms with Crippen LogP contribution < -0.4 is 5.32 Å². The van der Waals surface area contributed by atoms with Crippen molar-refractivity contribution in [1.82, 2.24) is 9.62 Å². The monoisotopic (exact) mass is 286 g/mol. The maximum Gasteiger partial charge on any atom is 0.243 e. The van der Waals surface area contributed by atoms with E-state index in [-0.39, 0.29) is 4.90 Å². The van der Waals surface area contributed by atoms with Crippen molar-refractivity contribution in [2.45, 2.75) is 30.7 Å². The molecular weight excluding hydrogens is 267 g/mol. The summed E-state index contributed by atoms with van der Waals surface area (Å²) in [5, 5.41) is 3.15. The summed E-state index contributed by atoms with van der Waals surface area (Å²) in [6.45, 7) is 2.64. The first kappa shape index (κ1) is 14.4. The zero-order valence-electron chi connectivity index (χ0n) is 11.2. The van der Waals surface area contributed by atoms with Gasteiger partial charge in [-0.2, -0.15) is 4.31 Å². The molecule has 0 saturated carbocycles. The third-order valence-electron chi connectivity index (χ3n) is 3.63. The van der Waals surface area contributed by atoms with Gasteiger partial charge in [-0.15, -0.1) is 0 Å². The van der Waals surface area contributed by atoms with E-state index < -0.39 is 15.8 Å². The largest absolute Gasteiger partial charge is 0.317 e. The van der Waals surface area contributed by atoms with Gasteiger partial charge < -0.3 is 5.32 Å². The first-order chi connectivity index (χ1) is 8.95. The molecule has 1 aromatic carbocycles. The van der Waals surface area contributed by atoms with E-state index >= 15 is 0 Å². The third-order valence-corrected chi connectivity index (χ3v) is 5.67. The zero-order chi connectivity index (χ0) is 14.0. The molecule has 6 heteroatoms. The second kappa shape index (κ2) is 5.56. The fourth-order valence-corrected chi connectivity index (χ4v) is 4.08. The summed E-state index contributed by atoms with van der Waals surface area (Å²) in [5.74, 6) is -0.519. The van der Waals surface area contributed by atoms with Gasteiger partial charge in [0.15, 0.2) is 0 Å². The first-order valence-corrected chi connectivity index (χ1v) is 7.82. The molecule has 1 fully saturated rings. The number of nitrogens with one attached hydrogen (secondary N) is 1. The smallest absolute Gasteiger partial charge is 0.243 e. The minimum absolute atomic E-state index is 0.0791. The molecule has 1 N–H and O–H groups in total. The Balaban J connectivity index is 2.26. The predicted octanol–water partition coefficient (Wildman–Crippen LogP) is 1.51. The van der Waals surface area contributed by atoms with Crippen molar-refractivity contribution in [3.05, 3.63) is 29.6 Å². The van der Waals surface area contributed by atoms with Crippen molar-refractivity contribution in [2.24, 2.45) is 0 Å². The molecule has 0 spiro atoms. The lowest BCUT2D eigenvalue weighted by atomic mass is 10.1. The molecule has 2 rings (SSSR count). The fourth-order valence-electron chi connectivity index (χ4n) is 2.38. The Labute approximate surface area is 113 Å². The summed E-state index contributed by atoms with van der Waals surface area (Å²) in [6.07, 6.45) is 1.56. The van der Waals surface area contributed by atoms with Gasteiger partial charge in [-0.05, 0) is 44.5 Å². The van der Waals surface area contributed by atoms with Gasteiger partial charge in [0.05, 0.1) is 4.90 Å². The lowest BCUT2D eigenvalue weighted by molar-refractivity contribution is 0.298. The average molecular weight is 286 g/mol. The van der Waals surface area contributed by atoms with E-state index in [0.29, 0.717) is 24.7 Å².